The molecule has 0 radical (unpaired) electrons. The minimum atomic E-state index is -4.01. The summed E-state index contributed by atoms with van der Waals surface area (Å²) in [5.41, 5.74) is -0.515. The molecule has 23 heavy (non-hydrogen) atoms. The van der Waals surface area contributed by atoms with Crippen molar-refractivity contribution in [2.24, 2.45) is 5.92 Å². The van der Waals surface area contributed by atoms with Gasteiger partial charge in [-0.25, -0.2) is 13.1 Å². The van der Waals surface area contributed by atoms with Gasteiger partial charge in [0.25, 0.3) is 5.69 Å². The maximum absolute atomic E-state index is 12.3. The van der Waals surface area contributed by atoms with Crippen LogP contribution in [-0.2, 0) is 10.0 Å². The van der Waals surface area contributed by atoms with Crippen molar-refractivity contribution in [1.82, 2.24) is 10.0 Å². The van der Waals surface area contributed by atoms with Gasteiger partial charge in [-0.3, -0.25) is 10.1 Å². The average Bonchev–Trinajstić information content (AvgIpc) is 2.47. The van der Waals surface area contributed by atoms with E-state index in [4.69, 9.17) is 11.6 Å². The molecular formula is C13H19Cl2N3O4S. The van der Waals surface area contributed by atoms with Gasteiger partial charge >= 0.3 is 0 Å². The van der Waals surface area contributed by atoms with Crippen molar-refractivity contribution in [3.63, 3.8) is 0 Å². The van der Waals surface area contributed by atoms with Crippen LogP contribution in [0.15, 0.2) is 23.1 Å². The largest absolute Gasteiger partial charge is 0.316 e. The molecule has 0 aliphatic carbocycles. The zero-order chi connectivity index (χ0) is 16.2. The number of halogens is 2. The Labute approximate surface area is 146 Å². The van der Waals surface area contributed by atoms with Gasteiger partial charge in [0.1, 0.15) is 0 Å². The van der Waals surface area contributed by atoms with Crippen molar-refractivity contribution in [3.8, 4) is 0 Å². The second kappa shape index (κ2) is 8.79. The standard InChI is InChI=1S/C13H18ClN3O4S.ClH/c14-11-4-1-5-12(17(18)19)13(11)22(20,21)16-8-6-10-3-2-7-15-9-10;/h1,4-5,10,15-16H,2-3,6-9H2;1H. The first kappa shape index (κ1) is 20.1. The highest BCUT2D eigenvalue weighted by Crippen LogP contribution is 2.30. The highest BCUT2D eigenvalue weighted by atomic mass is 35.5. The van der Waals surface area contributed by atoms with Crippen LogP contribution in [-0.4, -0.2) is 33.0 Å². The van der Waals surface area contributed by atoms with Gasteiger partial charge in [0.15, 0.2) is 4.90 Å². The van der Waals surface area contributed by atoms with Crippen LogP contribution in [0.3, 0.4) is 0 Å². The van der Waals surface area contributed by atoms with Crippen LogP contribution in [0.25, 0.3) is 0 Å². The molecule has 1 atom stereocenters. The molecule has 7 nitrogen and oxygen atoms in total. The highest BCUT2D eigenvalue weighted by Gasteiger charge is 2.28. The summed E-state index contributed by atoms with van der Waals surface area (Å²) in [5, 5.41) is 14.1. The summed E-state index contributed by atoms with van der Waals surface area (Å²) >= 11 is 5.85. The molecule has 0 bridgehead atoms. The molecule has 1 aliphatic rings. The van der Waals surface area contributed by atoms with Gasteiger partial charge in [-0.2, -0.15) is 0 Å². The van der Waals surface area contributed by atoms with Crippen LogP contribution in [0.4, 0.5) is 5.69 Å². The van der Waals surface area contributed by atoms with Gasteiger partial charge in [-0.1, -0.05) is 17.7 Å². The van der Waals surface area contributed by atoms with Gasteiger partial charge in [0, 0.05) is 12.6 Å². The Bertz CT molecular complexity index is 649. The smallest absolute Gasteiger partial charge is 0.290 e. The molecule has 1 fully saturated rings. The first-order valence-electron chi connectivity index (χ1n) is 7.05. The molecule has 1 aliphatic heterocycles. The summed E-state index contributed by atoms with van der Waals surface area (Å²) in [5.74, 6) is 0.415. The van der Waals surface area contributed by atoms with E-state index in [0.29, 0.717) is 12.3 Å². The Morgan fingerprint density at radius 1 is 1.43 bits per heavy atom. The molecule has 0 amide bonds. The van der Waals surface area contributed by atoms with Gasteiger partial charge in [0.05, 0.1) is 9.95 Å². The van der Waals surface area contributed by atoms with Gasteiger partial charge < -0.3 is 5.32 Å². The molecule has 0 aromatic heterocycles. The number of hydrogen-bond donors (Lipinski definition) is 2. The Balaban J connectivity index is 0.00000264. The lowest BCUT2D eigenvalue weighted by Gasteiger charge is -2.22. The molecule has 2 rings (SSSR count). The fraction of sp³-hybridized carbons (Fsp3) is 0.538. The van der Waals surface area contributed by atoms with E-state index in [2.05, 4.69) is 10.0 Å². The average molecular weight is 384 g/mol. The third-order valence-corrected chi connectivity index (χ3v) is 5.63. The zero-order valence-corrected chi connectivity index (χ0v) is 14.7. The van der Waals surface area contributed by atoms with Gasteiger partial charge in [-0.15, -0.1) is 12.4 Å². The monoisotopic (exact) mass is 383 g/mol. The van der Waals surface area contributed by atoms with Crippen LogP contribution in [0, 0.1) is 16.0 Å². The number of nitrogens with one attached hydrogen (secondary N) is 2. The number of sulfonamides is 1. The lowest BCUT2D eigenvalue weighted by Crippen LogP contribution is -2.33. The number of rotatable bonds is 6. The summed E-state index contributed by atoms with van der Waals surface area (Å²) < 4.78 is 27.0. The molecule has 0 saturated carbocycles. The van der Waals surface area contributed by atoms with Crippen LogP contribution >= 0.6 is 24.0 Å². The summed E-state index contributed by atoms with van der Waals surface area (Å²) in [6.07, 6.45) is 2.82. The van der Waals surface area contributed by atoms with E-state index < -0.39 is 25.5 Å². The maximum atomic E-state index is 12.3. The number of nitro groups is 1. The molecule has 2 N–H and O–H groups in total. The van der Waals surface area contributed by atoms with Crippen LogP contribution in [0.1, 0.15) is 19.3 Å². The molecule has 1 heterocycles. The molecule has 1 aromatic carbocycles. The number of nitro benzene ring substituents is 1. The molecule has 1 saturated heterocycles. The normalized spacial score (nSPS) is 18.2. The third kappa shape index (κ3) is 5.29. The maximum Gasteiger partial charge on any atom is 0.290 e. The van der Waals surface area contributed by atoms with E-state index in [1.54, 1.807) is 0 Å². The Kier molecular flexibility index (Phi) is 7.69. The van der Waals surface area contributed by atoms with E-state index in [-0.39, 0.29) is 24.0 Å². The molecule has 1 aromatic rings. The van der Waals surface area contributed by atoms with Crippen molar-refractivity contribution in [3.05, 3.63) is 33.3 Å². The summed E-state index contributed by atoms with van der Waals surface area (Å²) in [7, 11) is -4.01. The lowest BCUT2D eigenvalue weighted by molar-refractivity contribution is -0.387. The van der Waals surface area contributed by atoms with Crippen molar-refractivity contribution in [1.29, 1.82) is 0 Å². The SMILES string of the molecule is Cl.O=[N+]([O-])c1cccc(Cl)c1S(=O)(=O)NCCC1CCCNC1. The second-order valence-electron chi connectivity index (χ2n) is 5.24. The quantitative estimate of drug-likeness (QED) is 0.579. The van der Waals surface area contributed by atoms with Gasteiger partial charge in [0.2, 0.25) is 10.0 Å². The summed E-state index contributed by atoms with van der Waals surface area (Å²) in [6.45, 7) is 2.10. The fourth-order valence-corrected chi connectivity index (χ4v) is 4.30. The van der Waals surface area contributed by atoms with E-state index in [9.17, 15) is 18.5 Å². The molecular weight excluding hydrogens is 365 g/mol. The van der Waals surface area contributed by atoms with Crippen LogP contribution < -0.4 is 10.0 Å². The minimum Gasteiger partial charge on any atom is -0.316 e. The van der Waals surface area contributed by atoms with E-state index in [0.717, 1.165) is 32.0 Å². The van der Waals surface area contributed by atoms with Crippen molar-refractivity contribution >= 4 is 39.7 Å². The lowest BCUT2D eigenvalue weighted by atomic mass is 9.96. The zero-order valence-electron chi connectivity index (χ0n) is 12.3. The number of hydrogen-bond acceptors (Lipinski definition) is 5. The van der Waals surface area contributed by atoms with E-state index in [1.807, 2.05) is 0 Å². The molecule has 1 unspecified atom stereocenters. The van der Waals surface area contributed by atoms with E-state index in [1.165, 1.54) is 12.1 Å². The predicted octanol–water partition coefficient (Wildman–Crippen LogP) is 2.34. The third-order valence-electron chi connectivity index (χ3n) is 3.66. The van der Waals surface area contributed by atoms with Gasteiger partial charge in [-0.05, 0) is 44.3 Å². The molecule has 10 heteroatoms. The molecule has 0 spiro atoms. The Hall–Kier alpha value is -0.930. The molecule has 130 valence electrons. The summed E-state index contributed by atoms with van der Waals surface area (Å²) in [6, 6.07) is 3.81. The first-order chi connectivity index (χ1) is 10.4. The number of nitrogens with zero attached hydrogens (tertiary/aromatic N) is 1. The topological polar surface area (TPSA) is 101 Å². The van der Waals surface area contributed by atoms with Crippen LogP contribution in [0.5, 0.6) is 0 Å². The number of piperidine rings is 1. The Morgan fingerprint density at radius 3 is 2.78 bits per heavy atom. The fourth-order valence-electron chi connectivity index (χ4n) is 2.55. The van der Waals surface area contributed by atoms with Crippen LogP contribution in [0.2, 0.25) is 5.02 Å². The van der Waals surface area contributed by atoms with Crippen molar-refractivity contribution < 1.29 is 13.3 Å². The minimum absolute atomic E-state index is 0. The number of benzene rings is 1. The highest BCUT2D eigenvalue weighted by molar-refractivity contribution is 7.89. The predicted molar refractivity (Wildman–Crippen MR) is 90.8 cm³/mol. The second-order valence-corrected chi connectivity index (χ2v) is 7.36. The Morgan fingerprint density at radius 2 is 2.17 bits per heavy atom. The van der Waals surface area contributed by atoms with Crippen molar-refractivity contribution in [2.45, 2.75) is 24.2 Å². The van der Waals surface area contributed by atoms with E-state index >= 15 is 0 Å². The van der Waals surface area contributed by atoms with Crippen molar-refractivity contribution in [2.75, 3.05) is 19.6 Å². The summed E-state index contributed by atoms with van der Waals surface area (Å²) in [4.78, 5) is 9.77. The first-order valence-corrected chi connectivity index (χ1v) is 8.91.